The van der Waals surface area contributed by atoms with Crippen LogP contribution in [0.25, 0.3) is 0 Å². The lowest BCUT2D eigenvalue weighted by molar-refractivity contribution is -0.305. The highest BCUT2D eigenvalue weighted by Crippen LogP contribution is 2.39. The van der Waals surface area contributed by atoms with Gasteiger partial charge in [-0.3, -0.25) is 9.79 Å². The fourth-order valence-corrected chi connectivity index (χ4v) is 5.43. The summed E-state index contributed by atoms with van der Waals surface area (Å²) < 4.78 is 18.1. The number of aliphatic imine (C=N–C) groups is 1. The van der Waals surface area contributed by atoms with Crippen molar-refractivity contribution in [2.45, 2.75) is 69.7 Å². The van der Waals surface area contributed by atoms with E-state index < -0.39 is 36.1 Å². The molecule has 0 bridgehead atoms. The van der Waals surface area contributed by atoms with Crippen LogP contribution in [0.5, 0.6) is 0 Å². The number of rotatable bonds is 4. The van der Waals surface area contributed by atoms with Crippen LogP contribution in [-0.4, -0.2) is 64.4 Å². The molecule has 0 radical (unpaired) electrons. The van der Waals surface area contributed by atoms with E-state index in [1.165, 1.54) is 11.8 Å². The Hall–Kier alpha value is -1.71. The Kier molecular flexibility index (Phi) is 6.79. The number of nitrogens with zero attached hydrogens (tertiary/aromatic N) is 1. The first kappa shape index (κ1) is 23.4. The van der Waals surface area contributed by atoms with Gasteiger partial charge in [-0.25, -0.2) is 0 Å². The first-order valence-electron chi connectivity index (χ1n) is 10.9. The summed E-state index contributed by atoms with van der Waals surface area (Å²) in [5.74, 6) is -0.0694. The molecule has 1 aliphatic carbocycles. The average molecular weight is 462 g/mol. The molecular formula is C24H31NO6S. The molecule has 7 nitrogen and oxygen atoms in total. The van der Waals surface area contributed by atoms with E-state index in [2.05, 4.69) is 0 Å². The summed E-state index contributed by atoms with van der Waals surface area (Å²) in [4.78, 5) is 17.4. The van der Waals surface area contributed by atoms with E-state index in [0.717, 1.165) is 5.56 Å². The zero-order valence-corrected chi connectivity index (χ0v) is 19.7. The molecule has 3 unspecified atom stereocenters. The summed E-state index contributed by atoms with van der Waals surface area (Å²) in [5, 5.41) is 21.8. The van der Waals surface area contributed by atoms with E-state index >= 15 is 0 Å². The summed E-state index contributed by atoms with van der Waals surface area (Å²) in [6.07, 6.45) is 0.0636. The third-order valence-corrected chi connectivity index (χ3v) is 7.05. The number of Topliss-reactive ketones (excluding diaryl/α,β-unsaturated/α-hetero) is 1. The van der Waals surface area contributed by atoms with Crippen LogP contribution < -0.4 is 0 Å². The first-order valence-corrected chi connectivity index (χ1v) is 12.2. The van der Waals surface area contributed by atoms with Gasteiger partial charge in [0, 0.05) is 24.1 Å². The van der Waals surface area contributed by atoms with Crippen molar-refractivity contribution in [3.8, 4) is 0 Å². The lowest BCUT2D eigenvalue weighted by Crippen LogP contribution is -2.60. The highest BCUT2D eigenvalue weighted by atomic mass is 32.2. The van der Waals surface area contributed by atoms with Crippen molar-refractivity contribution < 1.29 is 29.2 Å². The summed E-state index contributed by atoms with van der Waals surface area (Å²) in [7, 11) is 0. The second-order valence-corrected chi connectivity index (χ2v) is 10.3. The maximum absolute atomic E-state index is 12.7. The van der Waals surface area contributed by atoms with Crippen molar-refractivity contribution in [1.82, 2.24) is 0 Å². The van der Waals surface area contributed by atoms with Gasteiger partial charge in [0.05, 0.1) is 12.2 Å². The number of aliphatic hydroxyl groups is 2. The average Bonchev–Trinajstić information content (AvgIpc) is 2.74. The van der Waals surface area contributed by atoms with Crippen LogP contribution in [0.4, 0.5) is 0 Å². The van der Waals surface area contributed by atoms with Crippen molar-refractivity contribution >= 4 is 23.3 Å². The van der Waals surface area contributed by atoms with Gasteiger partial charge in [-0.15, -0.1) is 11.8 Å². The molecule has 32 heavy (non-hydrogen) atoms. The van der Waals surface area contributed by atoms with E-state index in [1.807, 2.05) is 50.4 Å². The van der Waals surface area contributed by atoms with Crippen LogP contribution in [0.15, 0.2) is 46.7 Å². The number of ether oxygens (including phenoxy) is 3. The monoisotopic (exact) mass is 461 g/mol. The molecule has 2 heterocycles. The fourth-order valence-electron chi connectivity index (χ4n) is 4.68. The second kappa shape index (κ2) is 9.27. The number of thioether (sulfide) groups is 1. The number of allylic oxidation sites excluding steroid dienone is 2. The summed E-state index contributed by atoms with van der Waals surface area (Å²) in [5.41, 5.74) is 0.829. The van der Waals surface area contributed by atoms with Crippen LogP contribution in [0, 0.1) is 5.41 Å². The summed E-state index contributed by atoms with van der Waals surface area (Å²) in [6.45, 7) is 5.92. The highest BCUT2D eigenvalue weighted by molar-refractivity contribution is 7.99. The Bertz CT molecular complexity index is 914. The maximum atomic E-state index is 12.7. The van der Waals surface area contributed by atoms with Gasteiger partial charge >= 0.3 is 0 Å². The number of hydrogen-bond donors (Lipinski definition) is 2. The maximum Gasteiger partial charge on any atom is 0.184 e. The van der Waals surface area contributed by atoms with Crippen molar-refractivity contribution in [2.75, 3.05) is 12.9 Å². The van der Waals surface area contributed by atoms with Crippen molar-refractivity contribution in [3.05, 3.63) is 47.2 Å². The molecule has 1 aromatic rings. The van der Waals surface area contributed by atoms with Crippen molar-refractivity contribution in [3.63, 3.8) is 0 Å². The normalized spacial score (nSPS) is 35.5. The van der Waals surface area contributed by atoms with Crippen LogP contribution in [0.1, 0.15) is 45.5 Å². The predicted octanol–water partition coefficient (Wildman–Crippen LogP) is 3.58. The number of carbonyl (C=O) groups excluding carboxylic acids is 1. The molecule has 174 valence electrons. The minimum Gasteiger partial charge on any atom is -0.511 e. The largest absolute Gasteiger partial charge is 0.511 e. The van der Waals surface area contributed by atoms with Gasteiger partial charge in [-0.2, -0.15) is 0 Å². The number of ketones is 1. The number of benzene rings is 1. The third-order valence-electron chi connectivity index (χ3n) is 6.19. The molecule has 3 aliphatic rings. The SMILES string of the molecule is CSC1OC2COC(c3ccccc3)O[C@H]2[C@H](O)[C@@H]1N=C(C)C1=C(O)CC(C)(C)CC1=O. The van der Waals surface area contributed by atoms with Crippen molar-refractivity contribution in [2.24, 2.45) is 10.4 Å². The Balaban J connectivity index is 1.58. The molecule has 0 spiro atoms. The number of fused-ring (bicyclic) bond motifs is 1. The van der Waals surface area contributed by atoms with Gasteiger partial charge in [0.15, 0.2) is 12.1 Å². The molecule has 6 atom stereocenters. The van der Waals surface area contributed by atoms with Crippen LogP contribution in [0.2, 0.25) is 0 Å². The van der Waals surface area contributed by atoms with Gasteiger partial charge in [0.2, 0.25) is 0 Å². The fraction of sp³-hybridized carbons (Fsp3) is 0.583. The zero-order valence-electron chi connectivity index (χ0n) is 18.9. The van der Waals surface area contributed by atoms with Crippen LogP contribution >= 0.6 is 11.8 Å². The highest BCUT2D eigenvalue weighted by Gasteiger charge is 2.49. The molecule has 0 aromatic heterocycles. The van der Waals surface area contributed by atoms with E-state index in [1.54, 1.807) is 6.92 Å². The second-order valence-electron chi connectivity index (χ2n) is 9.41. The van der Waals surface area contributed by atoms with Gasteiger partial charge in [-0.05, 0) is 18.6 Å². The lowest BCUT2D eigenvalue weighted by Gasteiger charge is -2.46. The third kappa shape index (κ3) is 4.65. The zero-order chi connectivity index (χ0) is 23.0. The smallest absolute Gasteiger partial charge is 0.184 e. The minimum absolute atomic E-state index is 0.0590. The Morgan fingerprint density at radius 1 is 1.19 bits per heavy atom. The number of hydrogen-bond acceptors (Lipinski definition) is 8. The topological polar surface area (TPSA) is 97.6 Å². The molecule has 4 rings (SSSR count). The molecule has 0 saturated carbocycles. The van der Waals surface area contributed by atoms with Crippen LogP contribution in [-0.2, 0) is 19.0 Å². The summed E-state index contributed by atoms with van der Waals surface area (Å²) >= 11 is 1.44. The van der Waals surface area contributed by atoms with Gasteiger partial charge in [0.25, 0.3) is 0 Å². The molecule has 8 heteroatoms. The first-order chi connectivity index (χ1) is 15.2. The van der Waals surface area contributed by atoms with Gasteiger partial charge < -0.3 is 24.4 Å². The quantitative estimate of drug-likeness (QED) is 0.662. The Morgan fingerprint density at radius 2 is 1.91 bits per heavy atom. The molecule has 2 saturated heterocycles. The van der Waals surface area contributed by atoms with Gasteiger partial charge in [-0.1, -0.05) is 44.2 Å². The molecule has 1 aromatic carbocycles. The number of aliphatic hydroxyl groups excluding tert-OH is 2. The molecule has 2 fully saturated rings. The van der Waals surface area contributed by atoms with Crippen LogP contribution in [0.3, 0.4) is 0 Å². The van der Waals surface area contributed by atoms with E-state index in [0.29, 0.717) is 25.2 Å². The van der Waals surface area contributed by atoms with Crippen molar-refractivity contribution in [1.29, 1.82) is 0 Å². The number of carbonyl (C=O) groups is 1. The van der Waals surface area contributed by atoms with Gasteiger partial charge in [0.1, 0.15) is 35.5 Å². The Labute approximate surface area is 192 Å². The van der Waals surface area contributed by atoms with E-state index in [-0.39, 0.29) is 22.5 Å². The van der Waals surface area contributed by atoms with E-state index in [4.69, 9.17) is 19.2 Å². The predicted molar refractivity (Wildman–Crippen MR) is 123 cm³/mol. The standard InChI is InChI=1S/C24H31NO6S/c1-13(18-15(26)10-24(2,3)11-16(18)27)25-19-20(28)21-17(30-23(19)32-4)12-29-22(31-21)14-8-6-5-7-9-14/h5-9,17,19-23,26,28H,10-12H2,1-4H3/t17?,19-,20+,21+,22?,23?/m0/s1. The molecule has 2 aliphatic heterocycles. The molecule has 2 N–H and O–H groups in total. The minimum atomic E-state index is -0.950. The van der Waals surface area contributed by atoms with E-state index in [9.17, 15) is 15.0 Å². The lowest BCUT2D eigenvalue weighted by atomic mass is 9.75. The Morgan fingerprint density at radius 3 is 2.56 bits per heavy atom. The summed E-state index contributed by atoms with van der Waals surface area (Å²) in [6, 6.07) is 8.91. The molecule has 0 amide bonds. The molecular weight excluding hydrogens is 430 g/mol.